The minimum Gasteiger partial charge on any atom is -0.497 e. The Morgan fingerprint density at radius 2 is 1.71 bits per heavy atom. The molecule has 1 aromatic heterocycles. The van der Waals surface area contributed by atoms with Gasteiger partial charge in [-0.05, 0) is 42.8 Å². The highest BCUT2D eigenvalue weighted by molar-refractivity contribution is 7.99. The van der Waals surface area contributed by atoms with Gasteiger partial charge in [0, 0.05) is 45.9 Å². The Morgan fingerprint density at radius 1 is 1.00 bits per heavy atom. The number of carbonyl (C=O) groups is 1. The number of nitrogens with zero attached hydrogens (tertiary/aromatic N) is 1. The number of carbonyl (C=O) groups excluding carboxylic acids is 1. The van der Waals surface area contributed by atoms with Gasteiger partial charge in [0.15, 0.2) is 0 Å². The number of hydrogen-bond donors (Lipinski definition) is 1. The average Bonchev–Trinajstić information content (AvgIpc) is 3.17. The van der Waals surface area contributed by atoms with Crippen molar-refractivity contribution in [3.63, 3.8) is 0 Å². The van der Waals surface area contributed by atoms with Gasteiger partial charge in [-0.25, -0.2) is 0 Å². The molecule has 1 N–H and O–H groups in total. The normalized spacial score (nSPS) is 11.9. The third-order valence-corrected chi connectivity index (χ3v) is 6.52. The second kappa shape index (κ2) is 9.75. The summed E-state index contributed by atoms with van der Waals surface area (Å²) in [6, 6.07) is 26.2. The van der Waals surface area contributed by atoms with Crippen molar-refractivity contribution in [1.29, 1.82) is 0 Å². The molecule has 4 nitrogen and oxygen atoms in total. The maximum Gasteiger partial charge on any atom is 0.251 e. The SMILES string of the molecule is COc1ccc(C(=O)NCCn2cc(SC(C)c3ccccc3)c3ccccc32)cc1. The number of methoxy groups -OCH3 is 1. The van der Waals surface area contributed by atoms with Gasteiger partial charge in [0.25, 0.3) is 5.91 Å². The predicted molar refractivity (Wildman–Crippen MR) is 128 cm³/mol. The highest BCUT2D eigenvalue weighted by Crippen LogP contribution is 2.39. The van der Waals surface area contributed by atoms with E-state index < -0.39 is 0 Å². The topological polar surface area (TPSA) is 43.3 Å². The maximum atomic E-state index is 12.4. The lowest BCUT2D eigenvalue weighted by molar-refractivity contribution is 0.0952. The Kier molecular flexibility index (Phi) is 6.63. The monoisotopic (exact) mass is 430 g/mol. The lowest BCUT2D eigenvalue weighted by Gasteiger charge is -2.10. The molecule has 0 fully saturated rings. The Labute approximate surface area is 187 Å². The first-order chi connectivity index (χ1) is 15.2. The molecule has 0 saturated carbocycles. The number of fused-ring (bicyclic) bond motifs is 1. The molecule has 31 heavy (non-hydrogen) atoms. The number of ether oxygens (including phenoxy) is 1. The van der Waals surface area contributed by atoms with Crippen LogP contribution in [0.2, 0.25) is 0 Å². The molecule has 1 unspecified atom stereocenters. The molecule has 0 aliphatic rings. The summed E-state index contributed by atoms with van der Waals surface area (Å²) in [7, 11) is 1.61. The number of thioether (sulfide) groups is 1. The largest absolute Gasteiger partial charge is 0.497 e. The van der Waals surface area contributed by atoms with E-state index in [4.69, 9.17) is 4.74 Å². The molecule has 0 radical (unpaired) electrons. The molecule has 0 aliphatic carbocycles. The van der Waals surface area contributed by atoms with Gasteiger partial charge in [-0.3, -0.25) is 4.79 Å². The summed E-state index contributed by atoms with van der Waals surface area (Å²) < 4.78 is 7.38. The standard InChI is InChI=1S/C26H26N2O2S/c1-19(20-8-4-3-5-9-20)31-25-18-28(24-11-7-6-10-23(24)25)17-16-27-26(29)21-12-14-22(30-2)15-13-21/h3-15,18-19H,16-17H2,1-2H3,(H,27,29). The van der Waals surface area contributed by atoms with Crippen LogP contribution < -0.4 is 10.1 Å². The van der Waals surface area contributed by atoms with Crippen LogP contribution in [0.4, 0.5) is 0 Å². The van der Waals surface area contributed by atoms with E-state index in [1.54, 1.807) is 31.4 Å². The molecule has 1 heterocycles. The fourth-order valence-corrected chi connectivity index (χ4v) is 4.77. The number of benzene rings is 3. The van der Waals surface area contributed by atoms with E-state index in [0.717, 1.165) is 5.75 Å². The predicted octanol–water partition coefficient (Wildman–Crippen LogP) is 5.93. The van der Waals surface area contributed by atoms with E-state index in [1.807, 2.05) is 17.8 Å². The van der Waals surface area contributed by atoms with Gasteiger partial charge in [0.1, 0.15) is 5.75 Å². The van der Waals surface area contributed by atoms with Crippen LogP contribution in [0, 0.1) is 0 Å². The number of para-hydroxylation sites is 1. The minimum absolute atomic E-state index is 0.0774. The zero-order chi connectivity index (χ0) is 21.6. The van der Waals surface area contributed by atoms with Crippen LogP contribution in [-0.4, -0.2) is 24.1 Å². The molecule has 1 amide bonds. The van der Waals surface area contributed by atoms with Crippen molar-refractivity contribution in [3.8, 4) is 5.75 Å². The van der Waals surface area contributed by atoms with Crippen molar-refractivity contribution in [2.45, 2.75) is 23.6 Å². The molecule has 0 aliphatic heterocycles. The molecule has 0 spiro atoms. The van der Waals surface area contributed by atoms with Gasteiger partial charge < -0.3 is 14.6 Å². The first-order valence-electron chi connectivity index (χ1n) is 10.4. The average molecular weight is 431 g/mol. The Morgan fingerprint density at radius 3 is 2.45 bits per heavy atom. The van der Waals surface area contributed by atoms with Crippen LogP contribution in [0.25, 0.3) is 10.9 Å². The molecule has 1 atom stereocenters. The molecular formula is C26H26N2O2S. The minimum atomic E-state index is -0.0774. The highest BCUT2D eigenvalue weighted by Gasteiger charge is 2.13. The number of aromatic nitrogens is 1. The number of rotatable bonds is 8. The third-order valence-electron chi connectivity index (χ3n) is 5.32. The fourth-order valence-electron chi connectivity index (χ4n) is 3.61. The summed E-state index contributed by atoms with van der Waals surface area (Å²) in [5.74, 6) is 0.663. The van der Waals surface area contributed by atoms with Crippen molar-refractivity contribution < 1.29 is 9.53 Å². The molecule has 4 aromatic rings. The number of hydrogen-bond acceptors (Lipinski definition) is 3. The van der Waals surface area contributed by atoms with Crippen molar-refractivity contribution in [2.24, 2.45) is 0 Å². The van der Waals surface area contributed by atoms with Crippen LogP contribution in [-0.2, 0) is 6.54 Å². The summed E-state index contributed by atoms with van der Waals surface area (Å²) >= 11 is 1.87. The zero-order valence-corrected chi connectivity index (χ0v) is 18.6. The smallest absolute Gasteiger partial charge is 0.251 e. The number of amides is 1. The first-order valence-corrected chi connectivity index (χ1v) is 11.3. The van der Waals surface area contributed by atoms with Crippen molar-refractivity contribution in [1.82, 2.24) is 9.88 Å². The van der Waals surface area contributed by atoms with E-state index >= 15 is 0 Å². The lowest BCUT2D eigenvalue weighted by atomic mass is 10.2. The number of nitrogens with one attached hydrogen (secondary N) is 1. The van der Waals surface area contributed by atoms with Gasteiger partial charge >= 0.3 is 0 Å². The first kappa shape index (κ1) is 21.1. The van der Waals surface area contributed by atoms with Crippen LogP contribution in [0.3, 0.4) is 0 Å². The third kappa shape index (κ3) is 4.94. The van der Waals surface area contributed by atoms with Crippen LogP contribution in [0.1, 0.15) is 28.1 Å². The molecule has 3 aromatic carbocycles. The molecule has 0 saturated heterocycles. The molecular weight excluding hydrogens is 404 g/mol. The van der Waals surface area contributed by atoms with Crippen molar-refractivity contribution in [2.75, 3.05) is 13.7 Å². The Bertz CT molecular complexity index is 1150. The van der Waals surface area contributed by atoms with Crippen molar-refractivity contribution >= 4 is 28.6 Å². The molecule has 158 valence electrons. The van der Waals surface area contributed by atoms with E-state index in [1.165, 1.54) is 21.4 Å². The summed E-state index contributed by atoms with van der Waals surface area (Å²) in [5, 5.41) is 4.62. The maximum absolute atomic E-state index is 12.4. The quantitative estimate of drug-likeness (QED) is 0.352. The summed E-state index contributed by atoms with van der Waals surface area (Å²) in [6.45, 7) is 3.51. The van der Waals surface area contributed by atoms with Gasteiger partial charge in [0.2, 0.25) is 0 Å². The second-order valence-electron chi connectivity index (χ2n) is 7.36. The fraction of sp³-hybridized carbons (Fsp3) is 0.192. The summed E-state index contributed by atoms with van der Waals surface area (Å²) in [6.07, 6.45) is 2.20. The molecule has 0 bridgehead atoms. The van der Waals surface area contributed by atoms with Gasteiger partial charge in [-0.15, -0.1) is 11.8 Å². The van der Waals surface area contributed by atoms with Gasteiger partial charge in [-0.2, -0.15) is 0 Å². The Balaban J connectivity index is 1.45. The summed E-state index contributed by atoms with van der Waals surface area (Å²) in [4.78, 5) is 13.7. The van der Waals surface area contributed by atoms with Crippen LogP contribution in [0.5, 0.6) is 5.75 Å². The van der Waals surface area contributed by atoms with E-state index in [-0.39, 0.29) is 5.91 Å². The molecule has 4 rings (SSSR count). The van der Waals surface area contributed by atoms with Crippen molar-refractivity contribution in [3.05, 3.63) is 96.2 Å². The van der Waals surface area contributed by atoms with E-state index in [0.29, 0.717) is 23.9 Å². The molecule has 5 heteroatoms. The Hall–Kier alpha value is -3.18. The van der Waals surface area contributed by atoms with Gasteiger partial charge in [0.05, 0.1) is 7.11 Å². The van der Waals surface area contributed by atoms with E-state index in [9.17, 15) is 4.79 Å². The van der Waals surface area contributed by atoms with E-state index in [2.05, 4.69) is 71.5 Å². The van der Waals surface area contributed by atoms with Crippen LogP contribution in [0.15, 0.2) is 90.0 Å². The lowest BCUT2D eigenvalue weighted by Crippen LogP contribution is -2.27. The second-order valence-corrected chi connectivity index (χ2v) is 8.74. The van der Waals surface area contributed by atoms with Crippen LogP contribution >= 0.6 is 11.8 Å². The van der Waals surface area contributed by atoms with Gasteiger partial charge in [-0.1, -0.05) is 48.5 Å². The summed E-state index contributed by atoms with van der Waals surface area (Å²) in [5.41, 5.74) is 3.13. The zero-order valence-electron chi connectivity index (χ0n) is 17.7. The highest BCUT2D eigenvalue weighted by atomic mass is 32.2.